The van der Waals surface area contributed by atoms with Crippen LogP contribution < -0.4 is 10.1 Å². The first-order valence-electron chi connectivity index (χ1n) is 8.24. The minimum atomic E-state index is 0.411. The zero-order valence-corrected chi connectivity index (χ0v) is 14.1. The van der Waals surface area contributed by atoms with Crippen molar-refractivity contribution in [2.24, 2.45) is 0 Å². The minimum Gasteiger partial charge on any atom is -0.497 e. The van der Waals surface area contributed by atoms with Crippen molar-refractivity contribution < 1.29 is 4.74 Å². The maximum atomic E-state index is 5.42. The van der Waals surface area contributed by atoms with Crippen LogP contribution in [0, 0.1) is 0 Å². The van der Waals surface area contributed by atoms with Crippen LogP contribution in [0.4, 0.5) is 0 Å². The van der Waals surface area contributed by atoms with Crippen LogP contribution in [0.2, 0.25) is 0 Å². The quantitative estimate of drug-likeness (QED) is 0.833. The van der Waals surface area contributed by atoms with E-state index < -0.39 is 0 Å². The van der Waals surface area contributed by atoms with Crippen LogP contribution in [0.3, 0.4) is 0 Å². The molecule has 3 nitrogen and oxygen atoms in total. The van der Waals surface area contributed by atoms with Crippen LogP contribution in [0.5, 0.6) is 5.75 Å². The Labute approximate surface area is 129 Å². The summed E-state index contributed by atoms with van der Waals surface area (Å²) in [5.74, 6) is 0.962. The number of nitrogens with zero attached hydrogens (tertiary/aromatic N) is 1. The zero-order chi connectivity index (χ0) is 15.4. The van der Waals surface area contributed by atoms with Gasteiger partial charge in [0, 0.05) is 18.1 Å². The van der Waals surface area contributed by atoms with Gasteiger partial charge in [0.25, 0.3) is 0 Å². The maximum Gasteiger partial charge on any atom is 0.119 e. The van der Waals surface area contributed by atoms with Gasteiger partial charge in [-0.05, 0) is 63.0 Å². The third kappa shape index (κ3) is 3.41. The Bertz CT molecular complexity index is 461. The molecule has 0 amide bonds. The molecule has 0 saturated heterocycles. The van der Waals surface area contributed by atoms with E-state index in [2.05, 4.69) is 56.2 Å². The van der Waals surface area contributed by atoms with E-state index in [9.17, 15) is 0 Å². The standard InChI is InChI=1S/C18H30N2O/c1-6-10-19-18-16-12-15(21-5)9-8-14(16)11-17(18)20(4)13(3)7-2/h8-9,12-13,17-19H,6-7,10-11H2,1-5H3. The maximum absolute atomic E-state index is 5.42. The van der Waals surface area contributed by atoms with Crippen molar-refractivity contribution >= 4 is 0 Å². The lowest BCUT2D eigenvalue weighted by Crippen LogP contribution is -2.45. The first kappa shape index (κ1) is 16.3. The van der Waals surface area contributed by atoms with E-state index in [4.69, 9.17) is 4.74 Å². The smallest absolute Gasteiger partial charge is 0.119 e. The summed E-state index contributed by atoms with van der Waals surface area (Å²) in [5.41, 5.74) is 2.88. The fraction of sp³-hybridized carbons (Fsp3) is 0.667. The number of likely N-dealkylation sites (N-methyl/N-ethyl adjacent to an activating group) is 1. The SMILES string of the molecule is CCCNC1c2cc(OC)ccc2CC1N(C)C(C)CC. The number of nitrogens with one attached hydrogen (secondary N) is 1. The van der Waals surface area contributed by atoms with Crippen molar-refractivity contribution in [2.45, 2.75) is 58.2 Å². The van der Waals surface area contributed by atoms with E-state index in [1.165, 1.54) is 17.5 Å². The molecule has 0 aromatic heterocycles. The largest absolute Gasteiger partial charge is 0.497 e. The Balaban J connectivity index is 2.27. The van der Waals surface area contributed by atoms with Gasteiger partial charge in [-0.2, -0.15) is 0 Å². The van der Waals surface area contributed by atoms with Gasteiger partial charge < -0.3 is 10.1 Å². The van der Waals surface area contributed by atoms with E-state index in [0.717, 1.165) is 25.1 Å². The molecule has 0 radical (unpaired) electrons. The minimum absolute atomic E-state index is 0.411. The van der Waals surface area contributed by atoms with E-state index in [1.807, 2.05) is 0 Å². The summed E-state index contributed by atoms with van der Waals surface area (Å²) in [6.07, 6.45) is 3.48. The van der Waals surface area contributed by atoms with Crippen LogP contribution in [-0.2, 0) is 6.42 Å². The Morgan fingerprint density at radius 3 is 2.76 bits per heavy atom. The fourth-order valence-electron chi connectivity index (χ4n) is 3.27. The Hall–Kier alpha value is -1.06. The summed E-state index contributed by atoms with van der Waals surface area (Å²) in [7, 11) is 4.01. The second-order valence-corrected chi connectivity index (χ2v) is 6.19. The summed E-state index contributed by atoms with van der Waals surface area (Å²) in [6.45, 7) is 7.87. The van der Waals surface area contributed by atoms with Crippen LogP contribution >= 0.6 is 0 Å². The number of rotatable bonds is 7. The van der Waals surface area contributed by atoms with Gasteiger partial charge in [-0.15, -0.1) is 0 Å². The number of benzene rings is 1. The molecular formula is C18H30N2O. The molecule has 0 heterocycles. The molecule has 0 aliphatic heterocycles. The van der Waals surface area contributed by atoms with Gasteiger partial charge in [-0.1, -0.05) is 19.9 Å². The number of fused-ring (bicyclic) bond motifs is 1. The molecule has 1 N–H and O–H groups in total. The highest BCUT2D eigenvalue weighted by atomic mass is 16.5. The molecule has 1 aliphatic carbocycles. The van der Waals surface area contributed by atoms with Crippen molar-refractivity contribution in [2.75, 3.05) is 20.7 Å². The zero-order valence-electron chi connectivity index (χ0n) is 14.1. The van der Waals surface area contributed by atoms with Crippen molar-refractivity contribution in [1.82, 2.24) is 10.2 Å². The summed E-state index contributed by atoms with van der Waals surface area (Å²) in [6, 6.07) is 8.09. The summed E-state index contributed by atoms with van der Waals surface area (Å²) >= 11 is 0. The third-order valence-electron chi connectivity index (χ3n) is 4.93. The highest BCUT2D eigenvalue weighted by Gasteiger charge is 2.36. The average Bonchev–Trinajstić information content (AvgIpc) is 2.88. The Morgan fingerprint density at radius 2 is 2.14 bits per heavy atom. The molecule has 3 atom stereocenters. The predicted molar refractivity (Wildman–Crippen MR) is 89.0 cm³/mol. The van der Waals surface area contributed by atoms with Gasteiger partial charge >= 0.3 is 0 Å². The molecule has 0 spiro atoms. The molecule has 1 aliphatic rings. The molecule has 21 heavy (non-hydrogen) atoms. The lowest BCUT2D eigenvalue weighted by molar-refractivity contribution is 0.152. The fourth-order valence-corrected chi connectivity index (χ4v) is 3.27. The first-order chi connectivity index (χ1) is 10.1. The number of hydrogen-bond donors (Lipinski definition) is 1. The molecule has 3 heteroatoms. The normalized spacial score (nSPS) is 22.4. The number of hydrogen-bond acceptors (Lipinski definition) is 3. The second kappa shape index (κ2) is 7.28. The van der Waals surface area contributed by atoms with Crippen molar-refractivity contribution in [1.29, 1.82) is 0 Å². The molecule has 0 bridgehead atoms. The molecule has 1 aromatic carbocycles. The van der Waals surface area contributed by atoms with Gasteiger partial charge in [0.1, 0.15) is 5.75 Å². The molecule has 1 aromatic rings. The molecule has 118 valence electrons. The lowest BCUT2D eigenvalue weighted by Gasteiger charge is -2.34. The summed E-state index contributed by atoms with van der Waals surface area (Å²) in [4.78, 5) is 2.54. The van der Waals surface area contributed by atoms with Crippen LogP contribution in [0.15, 0.2) is 18.2 Å². The molecule has 0 fully saturated rings. The average molecular weight is 290 g/mol. The van der Waals surface area contributed by atoms with E-state index >= 15 is 0 Å². The van der Waals surface area contributed by atoms with Gasteiger partial charge in [-0.25, -0.2) is 0 Å². The molecule has 2 rings (SSSR count). The summed E-state index contributed by atoms with van der Waals surface area (Å²) in [5, 5.41) is 3.75. The number of methoxy groups -OCH3 is 1. The molecule has 0 saturated carbocycles. The van der Waals surface area contributed by atoms with Crippen molar-refractivity contribution in [3.05, 3.63) is 29.3 Å². The van der Waals surface area contributed by atoms with Crippen LogP contribution in [0.25, 0.3) is 0 Å². The van der Waals surface area contributed by atoms with Gasteiger partial charge in [0.15, 0.2) is 0 Å². The van der Waals surface area contributed by atoms with Crippen LogP contribution in [-0.4, -0.2) is 37.7 Å². The Morgan fingerprint density at radius 1 is 1.38 bits per heavy atom. The number of ether oxygens (including phenoxy) is 1. The monoisotopic (exact) mass is 290 g/mol. The van der Waals surface area contributed by atoms with E-state index in [0.29, 0.717) is 18.1 Å². The van der Waals surface area contributed by atoms with E-state index in [-0.39, 0.29) is 0 Å². The van der Waals surface area contributed by atoms with Crippen molar-refractivity contribution in [3.63, 3.8) is 0 Å². The van der Waals surface area contributed by atoms with Gasteiger partial charge in [-0.3, -0.25) is 4.90 Å². The topological polar surface area (TPSA) is 24.5 Å². The van der Waals surface area contributed by atoms with Gasteiger partial charge in [0.05, 0.1) is 7.11 Å². The lowest BCUT2D eigenvalue weighted by atomic mass is 10.0. The third-order valence-corrected chi connectivity index (χ3v) is 4.93. The summed E-state index contributed by atoms with van der Waals surface area (Å²) < 4.78 is 5.42. The van der Waals surface area contributed by atoms with E-state index in [1.54, 1.807) is 7.11 Å². The predicted octanol–water partition coefficient (Wildman–Crippen LogP) is 3.39. The first-order valence-corrected chi connectivity index (χ1v) is 8.24. The highest BCUT2D eigenvalue weighted by molar-refractivity contribution is 5.42. The molecule has 3 unspecified atom stereocenters. The highest BCUT2D eigenvalue weighted by Crippen LogP contribution is 2.37. The van der Waals surface area contributed by atoms with Crippen molar-refractivity contribution in [3.8, 4) is 5.75 Å². The van der Waals surface area contributed by atoms with Crippen LogP contribution in [0.1, 0.15) is 50.8 Å². The molecular weight excluding hydrogens is 260 g/mol. The Kier molecular flexibility index (Phi) is 5.65. The second-order valence-electron chi connectivity index (χ2n) is 6.19. The van der Waals surface area contributed by atoms with Gasteiger partial charge in [0.2, 0.25) is 0 Å².